The van der Waals surface area contributed by atoms with Crippen LogP contribution >= 0.6 is 11.8 Å². The highest BCUT2D eigenvalue weighted by molar-refractivity contribution is 7.99. The number of unbranched alkanes of at least 4 members (excludes halogenated alkanes) is 1. The van der Waals surface area contributed by atoms with Gasteiger partial charge in [0.15, 0.2) is 0 Å². The Morgan fingerprint density at radius 1 is 1.33 bits per heavy atom. The highest BCUT2D eigenvalue weighted by Gasteiger charge is 2.11. The third-order valence-electron chi connectivity index (χ3n) is 2.99. The zero-order valence-corrected chi connectivity index (χ0v) is 13.0. The monoisotopic (exact) mass is 306 g/mol. The van der Waals surface area contributed by atoms with E-state index in [0.29, 0.717) is 5.16 Å². The summed E-state index contributed by atoms with van der Waals surface area (Å²) in [6, 6.07) is 8.15. The fourth-order valence-electron chi connectivity index (χ4n) is 1.80. The molecule has 1 heterocycles. The van der Waals surface area contributed by atoms with Crippen LogP contribution in [0.2, 0.25) is 0 Å². The molecule has 0 spiro atoms. The standard InChI is InChI=1S/C14H18N4O2S/c1-3-4-5-11-6-8-12(9-7-11)18-14(15-16-17-18)21-10-13(19)20-2/h6-9H,3-5,10H2,1-2H3. The third kappa shape index (κ3) is 4.29. The SMILES string of the molecule is CCCCc1ccc(-n2nnnc2SCC(=O)OC)cc1. The molecule has 0 atom stereocenters. The summed E-state index contributed by atoms with van der Waals surface area (Å²) in [5, 5.41) is 12.1. The first kappa shape index (κ1) is 15.5. The van der Waals surface area contributed by atoms with Gasteiger partial charge in [-0.15, -0.1) is 5.10 Å². The number of aromatic nitrogens is 4. The van der Waals surface area contributed by atoms with Crippen molar-refractivity contribution < 1.29 is 9.53 Å². The molecule has 0 saturated carbocycles. The molecular formula is C14H18N4O2S. The molecule has 2 rings (SSSR count). The second kappa shape index (κ2) is 7.78. The summed E-state index contributed by atoms with van der Waals surface area (Å²) in [4.78, 5) is 11.2. The quantitative estimate of drug-likeness (QED) is 0.577. The molecule has 0 bridgehead atoms. The maximum absolute atomic E-state index is 11.2. The summed E-state index contributed by atoms with van der Waals surface area (Å²) >= 11 is 1.25. The van der Waals surface area contributed by atoms with Gasteiger partial charge in [0.25, 0.3) is 0 Å². The Balaban J connectivity index is 2.07. The minimum atomic E-state index is -0.301. The van der Waals surface area contributed by atoms with Gasteiger partial charge in [0.1, 0.15) is 0 Å². The first-order chi connectivity index (χ1) is 10.2. The Bertz CT molecular complexity index is 583. The Morgan fingerprint density at radius 2 is 2.10 bits per heavy atom. The number of hydrogen-bond donors (Lipinski definition) is 0. The summed E-state index contributed by atoms with van der Waals surface area (Å²) in [6.07, 6.45) is 3.45. The fraction of sp³-hybridized carbons (Fsp3) is 0.429. The number of tetrazole rings is 1. The average molecular weight is 306 g/mol. The topological polar surface area (TPSA) is 69.9 Å². The second-order valence-electron chi connectivity index (χ2n) is 4.51. The van der Waals surface area contributed by atoms with Gasteiger partial charge in [-0.2, -0.15) is 4.68 Å². The summed E-state index contributed by atoms with van der Waals surface area (Å²) in [7, 11) is 1.36. The van der Waals surface area contributed by atoms with Crippen LogP contribution < -0.4 is 0 Å². The van der Waals surface area contributed by atoms with E-state index in [4.69, 9.17) is 0 Å². The van der Waals surface area contributed by atoms with Crippen molar-refractivity contribution in [3.63, 3.8) is 0 Å². The highest BCUT2D eigenvalue weighted by Crippen LogP contribution is 2.19. The molecule has 0 radical (unpaired) electrons. The lowest BCUT2D eigenvalue weighted by atomic mass is 10.1. The molecule has 0 N–H and O–H groups in total. The minimum absolute atomic E-state index is 0.186. The molecule has 0 aliphatic carbocycles. The maximum Gasteiger partial charge on any atom is 0.316 e. The fourth-order valence-corrected chi connectivity index (χ4v) is 2.52. The molecule has 1 aromatic carbocycles. The van der Waals surface area contributed by atoms with Crippen molar-refractivity contribution in [3.05, 3.63) is 29.8 Å². The van der Waals surface area contributed by atoms with E-state index < -0.39 is 0 Å². The smallest absolute Gasteiger partial charge is 0.316 e. The van der Waals surface area contributed by atoms with Crippen molar-refractivity contribution in [2.75, 3.05) is 12.9 Å². The zero-order valence-electron chi connectivity index (χ0n) is 12.2. The van der Waals surface area contributed by atoms with Gasteiger partial charge >= 0.3 is 5.97 Å². The van der Waals surface area contributed by atoms with E-state index in [2.05, 4.69) is 39.3 Å². The normalized spacial score (nSPS) is 10.6. The molecule has 0 unspecified atom stereocenters. The Labute approximate surface area is 127 Å². The molecule has 112 valence electrons. The van der Waals surface area contributed by atoms with Crippen LogP contribution in [0.3, 0.4) is 0 Å². The van der Waals surface area contributed by atoms with E-state index in [9.17, 15) is 4.79 Å². The van der Waals surface area contributed by atoms with Crippen molar-refractivity contribution >= 4 is 17.7 Å². The van der Waals surface area contributed by atoms with Crippen molar-refractivity contribution in [3.8, 4) is 5.69 Å². The number of aryl methyl sites for hydroxylation is 1. The van der Waals surface area contributed by atoms with Gasteiger partial charge in [-0.3, -0.25) is 4.79 Å². The van der Waals surface area contributed by atoms with Crippen LogP contribution in [-0.4, -0.2) is 39.0 Å². The number of nitrogens with zero attached hydrogens (tertiary/aromatic N) is 4. The third-order valence-corrected chi connectivity index (χ3v) is 3.88. The lowest BCUT2D eigenvalue weighted by Crippen LogP contribution is -2.05. The summed E-state index contributed by atoms with van der Waals surface area (Å²) in [5.74, 6) is -0.115. The molecule has 0 saturated heterocycles. The van der Waals surface area contributed by atoms with Crippen LogP contribution in [0.15, 0.2) is 29.4 Å². The Kier molecular flexibility index (Phi) is 5.74. The van der Waals surface area contributed by atoms with E-state index in [1.54, 1.807) is 4.68 Å². The molecular weight excluding hydrogens is 288 g/mol. The number of rotatable bonds is 7. The predicted molar refractivity (Wildman–Crippen MR) is 80.5 cm³/mol. The van der Waals surface area contributed by atoms with Crippen LogP contribution in [0.1, 0.15) is 25.3 Å². The molecule has 1 aromatic heterocycles. The number of ether oxygens (including phenoxy) is 1. The number of carbonyl (C=O) groups is 1. The molecule has 6 nitrogen and oxygen atoms in total. The number of hydrogen-bond acceptors (Lipinski definition) is 6. The summed E-state index contributed by atoms with van der Waals surface area (Å²) < 4.78 is 6.23. The summed E-state index contributed by atoms with van der Waals surface area (Å²) in [6.45, 7) is 2.18. The Hall–Kier alpha value is -1.89. The van der Waals surface area contributed by atoms with Crippen LogP contribution in [0.5, 0.6) is 0 Å². The number of esters is 1. The van der Waals surface area contributed by atoms with Gasteiger partial charge in [0, 0.05) is 0 Å². The Morgan fingerprint density at radius 3 is 2.76 bits per heavy atom. The van der Waals surface area contributed by atoms with Gasteiger partial charge in [-0.25, -0.2) is 0 Å². The molecule has 21 heavy (non-hydrogen) atoms. The van der Waals surface area contributed by atoms with Crippen LogP contribution in [0.4, 0.5) is 0 Å². The van der Waals surface area contributed by atoms with E-state index in [0.717, 1.165) is 12.1 Å². The van der Waals surface area contributed by atoms with Gasteiger partial charge in [0.05, 0.1) is 18.6 Å². The largest absolute Gasteiger partial charge is 0.468 e. The lowest BCUT2D eigenvalue weighted by molar-refractivity contribution is -0.137. The highest BCUT2D eigenvalue weighted by atomic mass is 32.2. The van der Waals surface area contributed by atoms with Crippen molar-refractivity contribution in [2.45, 2.75) is 31.3 Å². The molecule has 7 heteroatoms. The van der Waals surface area contributed by atoms with Crippen LogP contribution in [-0.2, 0) is 16.0 Å². The first-order valence-electron chi connectivity index (χ1n) is 6.82. The lowest BCUT2D eigenvalue weighted by Gasteiger charge is -2.05. The number of thioether (sulfide) groups is 1. The molecule has 2 aromatic rings. The van der Waals surface area contributed by atoms with E-state index in [1.165, 1.54) is 37.3 Å². The molecule has 0 aliphatic rings. The zero-order chi connectivity index (χ0) is 15.1. The first-order valence-corrected chi connectivity index (χ1v) is 7.80. The van der Waals surface area contributed by atoms with E-state index >= 15 is 0 Å². The van der Waals surface area contributed by atoms with Gasteiger partial charge in [0.2, 0.25) is 5.16 Å². The van der Waals surface area contributed by atoms with Crippen molar-refractivity contribution in [1.82, 2.24) is 20.2 Å². The number of benzene rings is 1. The molecule has 0 aliphatic heterocycles. The molecule has 0 fully saturated rings. The van der Waals surface area contributed by atoms with Gasteiger partial charge in [-0.05, 0) is 41.0 Å². The number of methoxy groups -OCH3 is 1. The van der Waals surface area contributed by atoms with Crippen LogP contribution in [0.25, 0.3) is 5.69 Å². The van der Waals surface area contributed by atoms with Crippen molar-refractivity contribution in [2.24, 2.45) is 0 Å². The second-order valence-corrected chi connectivity index (χ2v) is 5.45. The van der Waals surface area contributed by atoms with Gasteiger partial charge < -0.3 is 4.74 Å². The van der Waals surface area contributed by atoms with Gasteiger partial charge in [-0.1, -0.05) is 37.2 Å². The van der Waals surface area contributed by atoms with E-state index in [1.807, 2.05) is 12.1 Å². The van der Waals surface area contributed by atoms with Crippen molar-refractivity contribution in [1.29, 1.82) is 0 Å². The summed E-state index contributed by atoms with van der Waals surface area (Å²) in [5.41, 5.74) is 2.19. The number of carbonyl (C=O) groups excluding carboxylic acids is 1. The minimum Gasteiger partial charge on any atom is -0.468 e. The van der Waals surface area contributed by atoms with Crippen LogP contribution in [0, 0.1) is 0 Å². The van der Waals surface area contributed by atoms with E-state index in [-0.39, 0.29) is 11.7 Å². The maximum atomic E-state index is 11.2. The molecule has 0 amide bonds. The average Bonchev–Trinajstić information content (AvgIpc) is 2.99. The predicted octanol–water partition coefficient (Wildman–Crippen LogP) is 2.27.